The fourth-order valence-electron chi connectivity index (χ4n) is 2.53. The zero-order valence-corrected chi connectivity index (χ0v) is 15.5. The van der Waals surface area contributed by atoms with Crippen molar-refractivity contribution in [2.45, 2.75) is 31.9 Å². The molecule has 1 saturated carbocycles. The largest absolute Gasteiger partial charge is 0.449 e. The van der Waals surface area contributed by atoms with Gasteiger partial charge in [-0.3, -0.25) is 14.9 Å². The molecule has 0 radical (unpaired) electrons. The van der Waals surface area contributed by atoms with Crippen LogP contribution in [0.15, 0.2) is 42.5 Å². The number of hydrogen-bond acceptors (Lipinski definition) is 7. The van der Waals surface area contributed by atoms with Crippen LogP contribution in [0.25, 0.3) is 0 Å². The zero-order valence-electron chi connectivity index (χ0n) is 15.5. The maximum atomic E-state index is 12.3. The van der Waals surface area contributed by atoms with Gasteiger partial charge >= 0.3 is 5.97 Å². The Balaban J connectivity index is 1.65. The molecule has 1 atom stereocenters. The molecular weight excluding hydrogens is 376 g/mol. The molecule has 0 spiro atoms. The highest BCUT2D eigenvalue weighted by molar-refractivity contribution is 5.97. The highest BCUT2D eigenvalue weighted by Gasteiger charge is 2.26. The summed E-state index contributed by atoms with van der Waals surface area (Å²) in [5.41, 5.74) is 1.00. The summed E-state index contributed by atoms with van der Waals surface area (Å²) in [5.74, 6) is -1.40. The number of carbonyl (C=O) groups is 2. The summed E-state index contributed by atoms with van der Waals surface area (Å²) in [4.78, 5) is 35.3. The minimum absolute atomic E-state index is 0.0175. The number of esters is 1. The Morgan fingerprint density at radius 2 is 1.93 bits per heavy atom. The van der Waals surface area contributed by atoms with E-state index in [1.54, 1.807) is 24.3 Å². The first kappa shape index (κ1) is 19.8. The minimum Gasteiger partial charge on any atom is -0.449 e. The molecule has 0 aromatic heterocycles. The molecule has 1 amide bonds. The van der Waals surface area contributed by atoms with Crippen LogP contribution < -0.4 is 10.6 Å². The molecule has 2 aromatic rings. The first-order valence-electron chi connectivity index (χ1n) is 8.94. The fourth-order valence-corrected chi connectivity index (χ4v) is 2.53. The second-order valence-electron chi connectivity index (χ2n) is 6.63. The van der Waals surface area contributed by atoms with Crippen LogP contribution in [-0.2, 0) is 9.53 Å². The average molecular weight is 394 g/mol. The second kappa shape index (κ2) is 8.39. The maximum absolute atomic E-state index is 12.3. The number of nitrogens with one attached hydrogen (secondary N) is 2. The Labute approximate surface area is 166 Å². The molecule has 0 aliphatic heterocycles. The van der Waals surface area contributed by atoms with Crippen LogP contribution in [-0.4, -0.2) is 28.9 Å². The number of benzene rings is 2. The molecule has 148 valence electrons. The number of nitrogens with zero attached hydrogens (tertiary/aromatic N) is 2. The Morgan fingerprint density at radius 1 is 1.24 bits per heavy atom. The molecule has 2 N–H and O–H groups in total. The van der Waals surface area contributed by atoms with Gasteiger partial charge in [0.25, 0.3) is 11.6 Å². The average Bonchev–Trinajstić information content (AvgIpc) is 3.52. The van der Waals surface area contributed by atoms with Gasteiger partial charge in [0.1, 0.15) is 5.69 Å². The van der Waals surface area contributed by atoms with E-state index in [0.29, 0.717) is 16.9 Å². The van der Waals surface area contributed by atoms with E-state index in [0.717, 1.165) is 18.9 Å². The van der Waals surface area contributed by atoms with Gasteiger partial charge in [-0.05, 0) is 56.2 Å². The molecule has 29 heavy (non-hydrogen) atoms. The Morgan fingerprint density at radius 3 is 2.52 bits per heavy atom. The van der Waals surface area contributed by atoms with Gasteiger partial charge in [-0.2, -0.15) is 5.26 Å². The highest BCUT2D eigenvalue weighted by atomic mass is 16.6. The molecule has 1 fully saturated rings. The first-order chi connectivity index (χ1) is 13.9. The van der Waals surface area contributed by atoms with Gasteiger partial charge < -0.3 is 15.4 Å². The van der Waals surface area contributed by atoms with Gasteiger partial charge in [-0.1, -0.05) is 0 Å². The molecule has 0 unspecified atom stereocenters. The van der Waals surface area contributed by atoms with Gasteiger partial charge in [0.05, 0.1) is 22.1 Å². The number of nitro benzene ring substituents is 1. The van der Waals surface area contributed by atoms with Gasteiger partial charge in [-0.15, -0.1) is 0 Å². The Kier molecular flexibility index (Phi) is 5.74. The third kappa shape index (κ3) is 5.07. The third-order valence-electron chi connectivity index (χ3n) is 4.30. The van der Waals surface area contributed by atoms with E-state index in [1.165, 1.54) is 19.1 Å². The van der Waals surface area contributed by atoms with E-state index >= 15 is 0 Å². The zero-order chi connectivity index (χ0) is 21.0. The van der Waals surface area contributed by atoms with Crippen molar-refractivity contribution in [1.82, 2.24) is 0 Å². The van der Waals surface area contributed by atoms with Crippen LogP contribution in [0.2, 0.25) is 0 Å². The lowest BCUT2D eigenvalue weighted by Gasteiger charge is -2.14. The van der Waals surface area contributed by atoms with Crippen LogP contribution in [0.4, 0.5) is 17.1 Å². The van der Waals surface area contributed by atoms with Crippen LogP contribution in [0.5, 0.6) is 0 Å². The van der Waals surface area contributed by atoms with Gasteiger partial charge in [0, 0.05) is 17.8 Å². The molecule has 9 nitrogen and oxygen atoms in total. The summed E-state index contributed by atoms with van der Waals surface area (Å²) in [7, 11) is 0. The summed E-state index contributed by atoms with van der Waals surface area (Å²) in [6.45, 7) is 1.40. The van der Waals surface area contributed by atoms with E-state index in [1.807, 2.05) is 6.07 Å². The number of ether oxygens (including phenoxy) is 1. The monoisotopic (exact) mass is 394 g/mol. The van der Waals surface area contributed by atoms with Crippen molar-refractivity contribution < 1.29 is 19.2 Å². The molecule has 0 saturated heterocycles. The molecule has 9 heteroatoms. The minimum atomic E-state index is -1.12. The number of nitro groups is 1. The Bertz CT molecular complexity index is 993. The topological polar surface area (TPSA) is 134 Å². The first-order valence-corrected chi connectivity index (χ1v) is 8.94. The van der Waals surface area contributed by atoms with Gasteiger partial charge in [-0.25, -0.2) is 4.79 Å². The summed E-state index contributed by atoms with van der Waals surface area (Å²) in [6.07, 6.45) is 0.779. The number of nitriles is 1. The van der Waals surface area contributed by atoms with E-state index < -0.39 is 22.9 Å². The third-order valence-corrected chi connectivity index (χ3v) is 4.30. The molecule has 3 rings (SSSR count). The van der Waals surface area contributed by atoms with Gasteiger partial charge in [0.2, 0.25) is 0 Å². The lowest BCUT2D eigenvalue weighted by molar-refractivity contribution is -0.384. The maximum Gasteiger partial charge on any atom is 0.339 e. The predicted molar refractivity (Wildman–Crippen MR) is 104 cm³/mol. The van der Waals surface area contributed by atoms with E-state index in [9.17, 15) is 19.7 Å². The highest BCUT2D eigenvalue weighted by Crippen LogP contribution is 2.31. The smallest absolute Gasteiger partial charge is 0.339 e. The van der Waals surface area contributed by atoms with E-state index in [-0.39, 0.29) is 17.3 Å². The SMILES string of the molecule is C[C@H](OC(=O)c1ccc(NC2CC2)c([N+](=O)[O-])c1)C(=O)Nc1ccc(C#N)cc1. The summed E-state index contributed by atoms with van der Waals surface area (Å²) >= 11 is 0. The number of rotatable bonds is 7. The van der Waals surface area contributed by atoms with E-state index in [2.05, 4.69) is 10.6 Å². The molecule has 1 aliphatic rings. The molecule has 2 aromatic carbocycles. The van der Waals surface area contributed by atoms with Crippen molar-refractivity contribution in [3.8, 4) is 6.07 Å². The predicted octanol–water partition coefficient (Wildman–Crippen LogP) is 3.22. The number of amides is 1. The van der Waals surface area contributed by atoms with Crippen molar-refractivity contribution in [2.75, 3.05) is 10.6 Å². The van der Waals surface area contributed by atoms with Crippen LogP contribution >= 0.6 is 0 Å². The molecule has 0 bridgehead atoms. The number of anilines is 2. The van der Waals surface area contributed by atoms with Crippen LogP contribution in [0, 0.1) is 21.4 Å². The lowest BCUT2D eigenvalue weighted by Crippen LogP contribution is -2.30. The van der Waals surface area contributed by atoms with Gasteiger partial charge in [0.15, 0.2) is 6.10 Å². The van der Waals surface area contributed by atoms with Crippen molar-refractivity contribution in [3.63, 3.8) is 0 Å². The van der Waals surface area contributed by atoms with Crippen molar-refractivity contribution in [3.05, 3.63) is 63.7 Å². The van der Waals surface area contributed by atoms with Crippen molar-refractivity contribution in [1.29, 1.82) is 5.26 Å². The molecule has 0 heterocycles. The normalized spacial score (nSPS) is 13.7. The fraction of sp³-hybridized carbons (Fsp3) is 0.250. The Hall–Kier alpha value is -3.93. The van der Waals surface area contributed by atoms with Crippen molar-refractivity contribution in [2.24, 2.45) is 0 Å². The summed E-state index contributed by atoms with van der Waals surface area (Å²) in [6, 6.07) is 12.4. The lowest BCUT2D eigenvalue weighted by atomic mass is 10.1. The molecular formula is C20H18N4O5. The number of hydrogen-bond donors (Lipinski definition) is 2. The quantitative estimate of drug-likeness (QED) is 0.418. The summed E-state index contributed by atoms with van der Waals surface area (Å²) < 4.78 is 5.14. The standard InChI is InChI=1S/C20H18N4O5/c1-12(19(25)23-16-5-2-13(11-21)3-6-16)29-20(26)14-4-9-17(22-15-7-8-15)18(10-14)24(27)28/h2-6,9-10,12,15,22H,7-8H2,1H3,(H,23,25)/t12-/m0/s1. The van der Waals surface area contributed by atoms with E-state index in [4.69, 9.17) is 10.00 Å². The van der Waals surface area contributed by atoms with Crippen molar-refractivity contribution >= 4 is 28.9 Å². The molecule has 1 aliphatic carbocycles. The van der Waals surface area contributed by atoms with Crippen LogP contribution in [0.1, 0.15) is 35.7 Å². The number of carbonyl (C=O) groups excluding carboxylic acids is 2. The van der Waals surface area contributed by atoms with Crippen LogP contribution in [0.3, 0.4) is 0 Å². The summed E-state index contributed by atoms with van der Waals surface area (Å²) in [5, 5.41) is 25.7. The second-order valence-corrected chi connectivity index (χ2v) is 6.63.